The van der Waals surface area contributed by atoms with Crippen molar-refractivity contribution < 1.29 is 9.53 Å². The number of pyridine rings is 1. The Bertz CT molecular complexity index is 581. The number of carbonyl (C=O) groups is 1. The summed E-state index contributed by atoms with van der Waals surface area (Å²) in [7, 11) is 0. The third kappa shape index (κ3) is 2.02. The number of amides is 1. The molecule has 6 heteroatoms. The fourth-order valence-electron chi connectivity index (χ4n) is 1.92. The van der Waals surface area contributed by atoms with Crippen LogP contribution >= 0.6 is 0 Å². The molecular formula is C12H12N4O2. The van der Waals surface area contributed by atoms with Gasteiger partial charge in [-0.2, -0.15) is 0 Å². The molecule has 1 aliphatic rings. The Morgan fingerprint density at radius 3 is 2.78 bits per heavy atom. The minimum Gasteiger partial charge on any atom is -0.378 e. The first-order chi connectivity index (χ1) is 8.84. The minimum absolute atomic E-state index is 0.0293. The second kappa shape index (κ2) is 4.66. The fourth-order valence-corrected chi connectivity index (χ4v) is 1.92. The molecule has 0 bridgehead atoms. The van der Waals surface area contributed by atoms with Gasteiger partial charge in [-0.1, -0.05) is 0 Å². The quantitative estimate of drug-likeness (QED) is 0.730. The highest BCUT2D eigenvalue weighted by Crippen LogP contribution is 2.11. The normalized spacial score (nSPS) is 15.9. The zero-order valence-corrected chi connectivity index (χ0v) is 9.74. The third-order valence-electron chi connectivity index (χ3n) is 2.87. The van der Waals surface area contributed by atoms with E-state index in [0.29, 0.717) is 43.0 Å². The zero-order valence-electron chi connectivity index (χ0n) is 9.74. The predicted octanol–water partition coefficient (Wildman–Crippen LogP) is 0.497. The maximum absolute atomic E-state index is 12.2. The van der Waals surface area contributed by atoms with E-state index in [1.807, 2.05) is 0 Å². The van der Waals surface area contributed by atoms with E-state index in [9.17, 15) is 4.79 Å². The number of rotatable bonds is 1. The molecule has 3 heterocycles. The number of ether oxygens (including phenoxy) is 1. The zero-order chi connectivity index (χ0) is 12.4. The molecule has 2 aromatic heterocycles. The van der Waals surface area contributed by atoms with Crippen LogP contribution in [0, 0.1) is 0 Å². The van der Waals surface area contributed by atoms with Crippen LogP contribution in [0.1, 0.15) is 10.4 Å². The summed E-state index contributed by atoms with van der Waals surface area (Å²) in [6.07, 6.45) is 4.72. The molecule has 0 unspecified atom stereocenters. The van der Waals surface area contributed by atoms with Crippen molar-refractivity contribution in [2.75, 3.05) is 26.3 Å². The lowest BCUT2D eigenvalue weighted by atomic mass is 10.2. The van der Waals surface area contributed by atoms with E-state index in [2.05, 4.69) is 15.0 Å². The second-order valence-electron chi connectivity index (χ2n) is 4.03. The summed E-state index contributed by atoms with van der Waals surface area (Å²) in [5.41, 5.74) is 1.73. The molecule has 92 valence electrons. The average Bonchev–Trinajstić information content (AvgIpc) is 2.47. The van der Waals surface area contributed by atoms with Gasteiger partial charge in [-0.05, 0) is 6.07 Å². The van der Waals surface area contributed by atoms with Crippen LogP contribution in [0.4, 0.5) is 0 Å². The van der Waals surface area contributed by atoms with Gasteiger partial charge in [-0.15, -0.1) is 0 Å². The number of carbonyl (C=O) groups excluding carboxylic acids is 1. The Kier molecular flexibility index (Phi) is 2.85. The van der Waals surface area contributed by atoms with Crippen LogP contribution in [-0.4, -0.2) is 52.1 Å². The fraction of sp³-hybridized carbons (Fsp3) is 0.333. The maximum atomic E-state index is 12.2. The van der Waals surface area contributed by atoms with Crippen molar-refractivity contribution >= 4 is 17.1 Å². The van der Waals surface area contributed by atoms with E-state index in [0.717, 1.165) is 0 Å². The molecule has 0 N–H and O–H groups in total. The van der Waals surface area contributed by atoms with Crippen LogP contribution in [-0.2, 0) is 4.74 Å². The third-order valence-corrected chi connectivity index (χ3v) is 2.87. The van der Waals surface area contributed by atoms with Gasteiger partial charge in [0, 0.05) is 31.7 Å². The molecule has 18 heavy (non-hydrogen) atoms. The van der Waals surface area contributed by atoms with Crippen molar-refractivity contribution in [1.29, 1.82) is 0 Å². The van der Waals surface area contributed by atoms with E-state index in [1.54, 1.807) is 29.6 Å². The monoisotopic (exact) mass is 244 g/mol. The molecule has 1 aliphatic heterocycles. The van der Waals surface area contributed by atoms with Crippen LogP contribution in [0.2, 0.25) is 0 Å². The van der Waals surface area contributed by atoms with Gasteiger partial charge in [-0.3, -0.25) is 9.78 Å². The molecule has 1 fully saturated rings. The summed E-state index contributed by atoms with van der Waals surface area (Å²) in [5, 5.41) is 0. The van der Waals surface area contributed by atoms with Crippen molar-refractivity contribution in [3.63, 3.8) is 0 Å². The van der Waals surface area contributed by atoms with Crippen LogP contribution < -0.4 is 0 Å². The predicted molar refractivity (Wildman–Crippen MR) is 64.1 cm³/mol. The lowest BCUT2D eigenvalue weighted by Gasteiger charge is -2.26. The average molecular weight is 244 g/mol. The van der Waals surface area contributed by atoms with E-state index >= 15 is 0 Å². The summed E-state index contributed by atoms with van der Waals surface area (Å²) in [6, 6.07) is 1.73. The first-order valence-corrected chi connectivity index (χ1v) is 5.78. The standard InChI is InChI=1S/C12H12N4O2/c17-12(16-3-5-18-6-4-16)9-7-10-11(15-8-9)14-2-1-13-10/h1-2,7-8H,3-6H2. The molecule has 0 atom stereocenters. The van der Waals surface area contributed by atoms with Gasteiger partial charge < -0.3 is 9.64 Å². The topological polar surface area (TPSA) is 68.2 Å². The van der Waals surface area contributed by atoms with E-state index in [4.69, 9.17) is 4.74 Å². The highest BCUT2D eigenvalue weighted by molar-refractivity contribution is 5.96. The highest BCUT2D eigenvalue weighted by atomic mass is 16.5. The van der Waals surface area contributed by atoms with Crippen LogP contribution in [0.15, 0.2) is 24.7 Å². The Labute approximate surface area is 104 Å². The van der Waals surface area contributed by atoms with Crippen molar-refractivity contribution in [3.05, 3.63) is 30.2 Å². The molecule has 0 radical (unpaired) electrons. The van der Waals surface area contributed by atoms with E-state index in [1.165, 1.54) is 0 Å². The smallest absolute Gasteiger partial charge is 0.255 e. The van der Waals surface area contributed by atoms with Crippen LogP contribution in [0.5, 0.6) is 0 Å². The maximum Gasteiger partial charge on any atom is 0.255 e. The second-order valence-corrected chi connectivity index (χ2v) is 4.03. The van der Waals surface area contributed by atoms with Crippen molar-refractivity contribution in [1.82, 2.24) is 19.9 Å². The van der Waals surface area contributed by atoms with Gasteiger partial charge >= 0.3 is 0 Å². The summed E-state index contributed by atoms with van der Waals surface area (Å²) < 4.78 is 5.22. The molecule has 6 nitrogen and oxygen atoms in total. The molecule has 3 rings (SSSR count). The van der Waals surface area contributed by atoms with Crippen molar-refractivity contribution in [3.8, 4) is 0 Å². The lowest BCUT2D eigenvalue weighted by Crippen LogP contribution is -2.40. The number of hydrogen-bond donors (Lipinski definition) is 0. The first-order valence-electron chi connectivity index (χ1n) is 5.78. The highest BCUT2D eigenvalue weighted by Gasteiger charge is 2.19. The van der Waals surface area contributed by atoms with Crippen LogP contribution in [0.3, 0.4) is 0 Å². The first kappa shape index (κ1) is 11.0. The number of hydrogen-bond acceptors (Lipinski definition) is 5. The lowest BCUT2D eigenvalue weighted by molar-refractivity contribution is 0.0302. The van der Waals surface area contributed by atoms with E-state index in [-0.39, 0.29) is 5.91 Å². The molecule has 0 saturated carbocycles. The molecule has 1 saturated heterocycles. The van der Waals surface area contributed by atoms with Crippen molar-refractivity contribution in [2.24, 2.45) is 0 Å². The molecule has 2 aromatic rings. The largest absolute Gasteiger partial charge is 0.378 e. The number of morpholine rings is 1. The van der Waals surface area contributed by atoms with Crippen molar-refractivity contribution in [2.45, 2.75) is 0 Å². The molecule has 1 amide bonds. The van der Waals surface area contributed by atoms with Gasteiger partial charge in [0.05, 0.1) is 18.8 Å². The van der Waals surface area contributed by atoms with Gasteiger partial charge in [0.25, 0.3) is 5.91 Å². The summed E-state index contributed by atoms with van der Waals surface area (Å²) in [6.45, 7) is 2.42. The Balaban J connectivity index is 1.91. The Morgan fingerprint density at radius 2 is 1.94 bits per heavy atom. The van der Waals surface area contributed by atoms with Gasteiger partial charge in [0.2, 0.25) is 0 Å². The van der Waals surface area contributed by atoms with Gasteiger partial charge in [0.1, 0.15) is 5.52 Å². The Hall–Kier alpha value is -2.08. The SMILES string of the molecule is O=C(c1cnc2nccnc2c1)N1CCOCC1. The summed E-state index contributed by atoms with van der Waals surface area (Å²) >= 11 is 0. The molecule has 0 spiro atoms. The van der Waals surface area contributed by atoms with E-state index < -0.39 is 0 Å². The molecule has 0 aliphatic carbocycles. The van der Waals surface area contributed by atoms with Gasteiger partial charge in [0.15, 0.2) is 5.65 Å². The summed E-state index contributed by atoms with van der Waals surface area (Å²) in [4.78, 5) is 26.4. The van der Waals surface area contributed by atoms with Gasteiger partial charge in [-0.25, -0.2) is 9.97 Å². The molecule has 0 aromatic carbocycles. The Morgan fingerprint density at radius 1 is 1.17 bits per heavy atom. The van der Waals surface area contributed by atoms with Crippen LogP contribution in [0.25, 0.3) is 11.2 Å². The molecular weight excluding hydrogens is 232 g/mol. The number of fused-ring (bicyclic) bond motifs is 1. The minimum atomic E-state index is -0.0293. The summed E-state index contributed by atoms with van der Waals surface area (Å²) in [5.74, 6) is -0.0293. The number of aromatic nitrogens is 3. The number of nitrogens with zero attached hydrogens (tertiary/aromatic N) is 4.